The van der Waals surface area contributed by atoms with Crippen LogP contribution in [0.5, 0.6) is 11.5 Å². The van der Waals surface area contributed by atoms with Gasteiger partial charge in [-0.3, -0.25) is 0 Å². The van der Waals surface area contributed by atoms with Gasteiger partial charge < -0.3 is 9.64 Å². The van der Waals surface area contributed by atoms with Crippen LogP contribution in [-0.2, 0) is 5.41 Å². The van der Waals surface area contributed by atoms with E-state index in [4.69, 9.17) is 4.74 Å². The van der Waals surface area contributed by atoms with Crippen molar-refractivity contribution in [3.8, 4) is 33.8 Å². The molecule has 0 fully saturated rings. The Hall–Kier alpha value is -5.38. The molecule has 48 heavy (non-hydrogen) atoms. The van der Waals surface area contributed by atoms with Crippen LogP contribution in [0.2, 0.25) is 13.1 Å². The molecular weight excluding hydrogens is 599 g/mol. The smallest absolute Gasteiger partial charge is 0.134 e. The summed E-state index contributed by atoms with van der Waals surface area (Å²) in [6, 6.07) is 55.5. The van der Waals surface area contributed by atoms with Crippen LogP contribution < -0.4 is 20.0 Å². The molecule has 0 bridgehead atoms. The van der Waals surface area contributed by atoms with Crippen molar-refractivity contribution in [3.05, 3.63) is 163 Å². The van der Waals surface area contributed by atoms with Gasteiger partial charge in [0.05, 0.1) is 5.69 Å². The number of rotatable bonds is 4. The first-order chi connectivity index (χ1) is 23.3. The Morgan fingerprint density at radius 2 is 1.19 bits per heavy atom. The molecule has 2 nitrogen and oxygen atoms in total. The normalized spacial score (nSPS) is 14.8. The SMILES string of the molecule is CC1(C)c2ccccc2-c2ccc(N(c3ccc(-c4cccc5c4Oc4ccccc4[Si]5(C)C)cc3)c3cccc4ccccc34)cc21. The number of para-hydroxylation sites is 2. The molecule has 1 aliphatic heterocycles. The summed E-state index contributed by atoms with van der Waals surface area (Å²) in [6.07, 6.45) is 0. The van der Waals surface area contributed by atoms with Crippen LogP contribution in [0, 0.1) is 0 Å². The highest BCUT2D eigenvalue weighted by atomic mass is 28.3. The highest BCUT2D eigenvalue weighted by Crippen LogP contribution is 2.51. The lowest BCUT2D eigenvalue weighted by Gasteiger charge is -2.34. The minimum atomic E-state index is -1.92. The highest BCUT2D eigenvalue weighted by Gasteiger charge is 2.38. The second-order valence-electron chi connectivity index (χ2n) is 14.2. The van der Waals surface area contributed by atoms with Crippen molar-refractivity contribution in [2.45, 2.75) is 32.4 Å². The molecule has 0 aromatic heterocycles. The molecule has 0 atom stereocenters. The molecule has 0 amide bonds. The summed E-state index contributed by atoms with van der Waals surface area (Å²) in [6.45, 7) is 9.56. The number of hydrogen-bond acceptors (Lipinski definition) is 2. The van der Waals surface area contributed by atoms with Gasteiger partial charge in [0, 0.05) is 27.7 Å². The minimum absolute atomic E-state index is 0.0850. The van der Waals surface area contributed by atoms with E-state index >= 15 is 0 Å². The molecule has 1 heterocycles. The fourth-order valence-corrected chi connectivity index (χ4v) is 11.0. The molecular formula is C45H37NOSi. The second kappa shape index (κ2) is 10.6. The highest BCUT2D eigenvalue weighted by molar-refractivity contribution is 7.01. The van der Waals surface area contributed by atoms with E-state index < -0.39 is 8.07 Å². The lowest BCUT2D eigenvalue weighted by molar-refractivity contribution is 0.488. The zero-order valence-electron chi connectivity index (χ0n) is 27.8. The van der Waals surface area contributed by atoms with Gasteiger partial charge >= 0.3 is 0 Å². The van der Waals surface area contributed by atoms with Crippen LogP contribution in [-0.4, -0.2) is 8.07 Å². The molecule has 0 unspecified atom stereocenters. The molecule has 0 N–H and O–H groups in total. The zero-order valence-corrected chi connectivity index (χ0v) is 28.8. The summed E-state index contributed by atoms with van der Waals surface area (Å²) in [4.78, 5) is 2.43. The minimum Gasteiger partial charge on any atom is -0.457 e. The fourth-order valence-electron chi connectivity index (χ4n) is 8.15. The van der Waals surface area contributed by atoms with E-state index in [2.05, 4.69) is 184 Å². The predicted octanol–water partition coefficient (Wildman–Crippen LogP) is 11.2. The number of anilines is 3. The quantitative estimate of drug-likeness (QED) is 0.178. The van der Waals surface area contributed by atoms with E-state index in [0.717, 1.165) is 34.0 Å². The van der Waals surface area contributed by atoms with Crippen molar-refractivity contribution >= 4 is 46.3 Å². The fraction of sp³-hybridized carbons (Fsp3) is 0.111. The van der Waals surface area contributed by atoms with Gasteiger partial charge in [-0.1, -0.05) is 142 Å². The van der Waals surface area contributed by atoms with Gasteiger partial charge in [0.1, 0.15) is 19.6 Å². The number of ether oxygens (including phenoxy) is 1. The Morgan fingerprint density at radius 1 is 0.542 bits per heavy atom. The Bertz CT molecular complexity index is 2380. The van der Waals surface area contributed by atoms with Crippen molar-refractivity contribution in [3.63, 3.8) is 0 Å². The van der Waals surface area contributed by atoms with Gasteiger partial charge in [-0.15, -0.1) is 0 Å². The molecule has 232 valence electrons. The second-order valence-corrected chi connectivity index (χ2v) is 18.5. The maximum atomic E-state index is 6.68. The lowest BCUT2D eigenvalue weighted by atomic mass is 9.82. The molecule has 9 rings (SSSR count). The van der Waals surface area contributed by atoms with Gasteiger partial charge in [-0.25, -0.2) is 0 Å². The number of nitrogens with zero attached hydrogens (tertiary/aromatic N) is 1. The summed E-state index contributed by atoms with van der Waals surface area (Å²) in [7, 11) is -1.92. The molecule has 7 aromatic carbocycles. The first kappa shape index (κ1) is 28.8. The van der Waals surface area contributed by atoms with Gasteiger partial charge in [-0.2, -0.15) is 0 Å². The first-order valence-electron chi connectivity index (χ1n) is 16.9. The molecule has 0 saturated heterocycles. The zero-order chi connectivity index (χ0) is 32.6. The van der Waals surface area contributed by atoms with Crippen molar-refractivity contribution < 1.29 is 4.74 Å². The third-order valence-electron chi connectivity index (χ3n) is 10.7. The van der Waals surface area contributed by atoms with Crippen molar-refractivity contribution in [2.75, 3.05) is 4.90 Å². The average Bonchev–Trinajstić information content (AvgIpc) is 3.34. The van der Waals surface area contributed by atoms with Gasteiger partial charge in [0.2, 0.25) is 0 Å². The van der Waals surface area contributed by atoms with Crippen molar-refractivity contribution in [2.24, 2.45) is 0 Å². The lowest BCUT2D eigenvalue weighted by Crippen LogP contribution is -2.56. The van der Waals surface area contributed by atoms with E-state index in [9.17, 15) is 0 Å². The number of benzene rings is 7. The predicted molar refractivity (Wildman–Crippen MR) is 205 cm³/mol. The third kappa shape index (κ3) is 4.24. The number of hydrogen-bond donors (Lipinski definition) is 0. The molecule has 0 radical (unpaired) electrons. The van der Waals surface area contributed by atoms with Gasteiger partial charge in [0.15, 0.2) is 0 Å². The van der Waals surface area contributed by atoms with Crippen LogP contribution in [0.15, 0.2) is 152 Å². The molecule has 1 aliphatic carbocycles. The Balaban J connectivity index is 1.18. The summed E-state index contributed by atoms with van der Waals surface area (Å²) in [5.41, 5.74) is 11.1. The van der Waals surface area contributed by atoms with E-state index in [-0.39, 0.29) is 5.41 Å². The average molecular weight is 636 g/mol. The van der Waals surface area contributed by atoms with E-state index in [1.807, 2.05) is 0 Å². The summed E-state index contributed by atoms with van der Waals surface area (Å²) in [5.74, 6) is 2.00. The Kier molecular flexibility index (Phi) is 6.34. The van der Waals surface area contributed by atoms with Crippen LogP contribution in [0.1, 0.15) is 25.0 Å². The van der Waals surface area contributed by atoms with E-state index in [0.29, 0.717) is 0 Å². The van der Waals surface area contributed by atoms with Crippen LogP contribution in [0.25, 0.3) is 33.0 Å². The molecule has 7 aromatic rings. The molecule has 0 spiro atoms. The monoisotopic (exact) mass is 635 g/mol. The largest absolute Gasteiger partial charge is 0.457 e. The van der Waals surface area contributed by atoms with E-state index in [1.54, 1.807) is 0 Å². The van der Waals surface area contributed by atoms with Crippen LogP contribution >= 0.6 is 0 Å². The van der Waals surface area contributed by atoms with Crippen molar-refractivity contribution in [1.82, 2.24) is 0 Å². The maximum Gasteiger partial charge on any atom is 0.134 e. The summed E-state index contributed by atoms with van der Waals surface area (Å²) in [5, 5.41) is 5.16. The Morgan fingerprint density at radius 3 is 2.06 bits per heavy atom. The van der Waals surface area contributed by atoms with Crippen LogP contribution in [0.3, 0.4) is 0 Å². The standard InChI is InChI=1S/C45H37NOSi/c1-45(2)38-18-8-7-16-36(38)37-28-27-33(29-39(37)45)46(40-19-11-14-30-13-5-6-15-34(30)40)32-25-23-31(24-26-32)35-17-12-22-43-44(35)47-41-20-9-10-21-42(41)48(43,3)4/h5-29H,1-4H3. The van der Waals surface area contributed by atoms with Crippen LogP contribution in [0.4, 0.5) is 17.1 Å². The van der Waals surface area contributed by atoms with Gasteiger partial charge in [-0.05, 0) is 80.0 Å². The third-order valence-corrected chi connectivity index (χ3v) is 14.2. The topological polar surface area (TPSA) is 12.5 Å². The first-order valence-corrected chi connectivity index (χ1v) is 19.9. The number of fused-ring (bicyclic) bond motifs is 6. The van der Waals surface area contributed by atoms with E-state index in [1.165, 1.54) is 49.1 Å². The Labute approximate surface area is 283 Å². The summed E-state index contributed by atoms with van der Waals surface area (Å²) >= 11 is 0. The molecule has 3 heteroatoms. The van der Waals surface area contributed by atoms with Gasteiger partial charge in [0.25, 0.3) is 0 Å². The summed E-state index contributed by atoms with van der Waals surface area (Å²) < 4.78 is 6.68. The maximum absolute atomic E-state index is 6.68. The molecule has 2 aliphatic rings. The molecule has 0 saturated carbocycles. The van der Waals surface area contributed by atoms with Crippen molar-refractivity contribution in [1.29, 1.82) is 0 Å².